The largest absolute Gasteiger partial charge is 0.396 e. The van der Waals surface area contributed by atoms with Crippen LogP contribution in [0.3, 0.4) is 0 Å². The highest BCUT2D eigenvalue weighted by molar-refractivity contribution is 5.76. The maximum Gasteiger partial charge on any atom is 0.225 e. The Morgan fingerprint density at radius 2 is 1.86 bits per heavy atom. The van der Waals surface area contributed by atoms with Crippen LogP contribution in [-0.4, -0.2) is 53.1 Å². The van der Waals surface area contributed by atoms with Crippen molar-refractivity contribution >= 4 is 5.91 Å². The minimum Gasteiger partial charge on any atom is -0.396 e. The molecule has 0 aliphatic carbocycles. The van der Waals surface area contributed by atoms with Gasteiger partial charge in [-0.3, -0.25) is 4.79 Å². The summed E-state index contributed by atoms with van der Waals surface area (Å²) in [5, 5.41) is 8.99. The number of carbonyl (C=O) groups is 1. The van der Waals surface area contributed by atoms with Gasteiger partial charge in [-0.05, 0) is 67.0 Å². The molecule has 1 fully saturated rings. The summed E-state index contributed by atoms with van der Waals surface area (Å²) in [7, 11) is 0. The maximum atomic E-state index is 12.0. The lowest BCUT2D eigenvalue weighted by molar-refractivity contribution is -0.132. The third-order valence-electron chi connectivity index (χ3n) is 6.56. The Kier molecular flexibility index (Phi) is 6.31. The summed E-state index contributed by atoms with van der Waals surface area (Å²) in [5.41, 5.74) is 6.47. The molecule has 4 rings (SSSR count). The number of aliphatic hydroxyl groups is 1. The summed E-state index contributed by atoms with van der Waals surface area (Å²) in [4.78, 5) is 16.5. The van der Waals surface area contributed by atoms with Crippen LogP contribution in [0.2, 0.25) is 0 Å². The zero-order chi connectivity index (χ0) is 20.2. The first-order valence-electron chi connectivity index (χ1n) is 11.0. The van der Waals surface area contributed by atoms with Crippen LogP contribution in [0.25, 0.3) is 11.1 Å². The Hall–Kier alpha value is -2.17. The molecule has 4 nitrogen and oxygen atoms in total. The van der Waals surface area contributed by atoms with Crippen LogP contribution in [-0.2, 0) is 24.2 Å². The molecular weight excluding hydrogens is 360 g/mol. The maximum absolute atomic E-state index is 12.0. The van der Waals surface area contributed by atoms with Crippen molar-refractivity contribution in [1.29, 1.82) is 0 Å². The van der Waals surface area contributed by atoms with E-state index in [1.807, 2.05) is 4.90 Å². The molecule has 2 heterocycles. The van der Waals surface area contributed by atoms with E-state index in [9.17, 15) is 4.79 Å². The number of nitrogens with zero attached hydrogens (tertiary/aromatic N) is 2. The van der Waals surface area contributed by atoms with Gasteiger partial charge in [0.15, 0.2) is 0 Å². The molecule has 0 aromatic heterocycles. The smallest absolute Gasteiger partial charge is 0.225 e. The molecule has 2 aliphatic heterocycles. The lowest BCUT2D eigenvalue weighted by atomic mass is 9.94. The number of hydrogen-bond acceptors (Lipinski definition) is 3. The molecule has 1 unspecified atom stereocenters. The summed E-state index contributed by atoms with van der Waals surface area (Å²) >= 11 is 0. The summed E-state index contributed by atoms with van der Waals surface area (Å²) in [5.74, 6) is 0.0427. The molecular formula is C25H32N2O2. The summed E-state index contributed by atoms with van der Waals surface area (Å²) in [6.07, 6.45) is 4.89. The summed E-state index contributed by atoms with van der Waals surface area (Å²) in [6.45, 7) is 6.07. The molecule has 29 heavy (non-hydrogen) atoms. The molecule has 4 heteroatoms. The molecule has 2 aliphatic rings. The molecule has 0 radical (unpaired) electrons. The normalized spacial score (nSPS) is 19.4. The number of likely N-dealkylation sites (tertiary alicyclic amines) is 1. The van der Waals surface area contributed by atoms with Crippen molar-refractivity contribution in [1.82, 2.24) is 9.80 Å². The van der Waals surface area contributed by atoms with Gasteiger partial charge in [-0.25, -0.2) is 0 Å². The zero-order valence-corrected chi connectivity index (χ0v) is 17.4. The van der Waals surface area contributed by atoms with E-state index in [-0.39, 0.29) is 18.9 Å². The van der Waals surface area contributed by atoms with Crippen LogP contribution < -0.4 is 0 Å². The van der Waals surface area contributed by atoms with E-state index < -0.39 is 0 Å². The van der Waals surface area contributed by atoms with Gasteiger partial charge in [-0.1, -0.05) is 42.5 Å². The Morgan fingerprint density at radius 1 is 1.07 bits per heavy atom. The van der Waals surface area contributed by atoms with Gasteiger partial charge in [-0.2, -0.15) is 0 Å². The topological polar surface area (TPSA) is 43.8 Å². The minimum absolute atomic E-state index is 0.0427. The fourth-order valence-corrected chi connectivity index (χ4v) is 4.66. The van der Waals surface area contributed by atoms with Gasteiger partial charge in [-0.15, -0.1) is 0 Å². The molecule has 1 N–H and O–H groups in total. The van der Waals surface area contributed by atoms with Gasteiger partial charge in [0.05, 0.1) is 6.61 Å². The van der Waals surface area contributed by atoms with E-state index in [0.29, 0.717) is 6.54 Å². The van der Waals surface area contributed by atoms with Crippen LogP contribution in [0.4, 0.5) is 0 Å². The molecule has 2 aromatic rings. The quantitative estimate of drug-likeness (QED) is 0.816. The average Bonchev–Trinajstić information content (AvgIpc) is 3.17. The Bertz CT molecular complexity index is 846. The van der Waals surface area contributed by atoms with Crippen molar-refractivity contribution in [2.24, 2.45) is 0 Å². The average molecular weight is 393 g/mol. The van der Waals surface area contributed by atoms with E-state index in [1.165, 1.54) is 47.2 Å². The van der Waals surface area contributed by atoms with Crippen molar-refractivity contribution in [3.8, 4) is 11.1 Å². The number of fused-ring (bicyclic) bond motifs is 1. The van der Waals surface area contributed by atoms with Crippen molar-refractivity contribution in [3.05, 3.63) is 59.2 Å². The van der Waals surface area contributed by atoms with Gasteiger partial charge in [0.25, 0.3) is 0 Å². The van der Waals surface area contributed by atoms with Gasteiger partial charge in [0, 0.05) is 32.1 Å². The monoisotopic (exact) mass is 392 g/mol. The van der Waals surface area contributed by atoms with Gasteiger partial charge < -0.3 is 14.9 Å². The fourth-order valence-electron chi connectivity index (χ4n) is 4.66. The number of hydrogen-bond donors (Lipinski definition) is 1. The SMILES string of the molecule is CC1CCCN1CCc1ccc(-c2ccc3c(c2)CCN(C(=O)CCO)C3)cc1. The molecule has 2 aromatic carbocycles. The van der Waals surface area contributed by atoms with Crippen molar-refractivity contribution in [3.63, 3.8) is 0 Å². The molecule has 154 valence electrons. The van der Waals surface area contributed by atoms with E-state index in [1.54, 1.807) is 0 Å². The van der Waals surface area contributed by atoms with Crippen molar-refractivity contribution in [2.45, 2.75) is 51.6 Å². The predicted octanol–water partition coefficient (Wildman–Crippen LogP) is 3.65. The van der Waals surface area contributed by atoms with Crippen LogP contribution in [0.5, 0.6) is 0 Å². The number of carbonyl (C=O) groups excluding carboxylic acids is 1. The Labute approximate surface area is 174 Å². The Morgan fingerprint density at radius 3 is 2.59 bits per heavy atom. The molecule has 0 bridgehead atoms. The lowest BCUT2D eigenvalue weighted by Gasteiger charge is -2.29. The van der Waals surface area contributed by atoms with E-state index in [4.69, 9.17) is 5.11 Å². The first-order valence-corrected chi connectivity index (χ1v) is 11.0. The number of amides is 1. The van der Waals surface area contributed by atoms with E-state index in [2.05, 4.69) is 54.3 Å². The summed E-state index contributed by atoms with van der Waals surface area (Å²) < 4.78 is 0. The van der Waals surface area contributed by atoms with Crippen LogP contribution >= 0.6 is 0 Å². The van der Waals surface area contributed by atoms with Crippen LogP contribution in [0, 0.1) is 0 Å². The third kappa shape index (κ3) is 4.71. The second-order valence-electron chi connectivity index (χ2n) is 8.50. The molecule has 1 atom stereocenters. The van der Waals surface area contributed by atoms with Gasteiger partial charge >= 0.3 is 0 Å². The highest BCUT2D eigenvalue weighted by Gasteiger charge is 2.21. The standard InChI is InChI=1S/C25H32N2O2/c1-19-3-2-13-26(19)14-10-20-4-6-21(7-5-20)22-8-9-24-18-27(25(29)12-16-28)15-11-23(24)17-22/h4-9,17,19,28H,2-3,10-16,18H2,1H3. The second-order valence-corrected chi connectivity index (χ2v) is 8.50. The first kappa shape index (κ1) is 20.1. The van der Waals surface area contributed by atoms with Crippen molar-refractivity contribution < 1.29 is 9.90 Å². The first-order chi connectivity index (χ1) is 14.1. The second kappa shape index (κ2) is 9.10. The molecule has 1 saturated heterocycles. The molecule has 0 spiro atoms. The molecule has 0 saturated carbocycles. The van der Waals surface area contributed by atoms with Crippen molar-refractivity contribution in [2.75, 3.05) is 26.2 Å². The number of benzene rings is 2. The predicted molar refractivity (Wildman–Crippen MR) is 117 cm³/mol. The van der Waals surface area contributed by atoms with Crippen LogP contribution in [0.15, 0.2) is 42.5 Å². The zero-order valence-electron chi connectivity index (χ0n) is 17.4. The summed E-state index contributed by atoms with van der Waals surface area (Å²) in [6, 6.07) is 16.4. The lowest BCUT2D eigenvalue weighted by Crippen LogP contribution is -2.36. The van der Waals surface area contributed by atoms with Crippen LogP contribution in [0.1, 0.15) is 42.9 Å². The highest BCUT2D eigenvalue weighted by Crippen LogP contribution is 2.27. The van der Waals surface area contributed by atoms with E-state index in [0.717, 1.165) is 32.0 Å². The minimum atomic E-state index is -0.0752. The fraction of sp³-hybridized carbons (Fsp3) is 0.480. The molecule has 1 amide bonds. The van der Waals surface area contributed by atoms with Gasteiger partial charge in [0.1, 0.15) is 0 Å². The number of aliphatic hydroxyl groups excluding tert-OH is 1. The van der Waals surface area contributed by atoms with Gasteiger partial charge in [0.2, 0.25) is 5.91 Å². The highest BCUT2D eigenvalue weighted by atomic mass is 16.3. The third-order valence-corrected chi connectivity index (χ3v) is 6.56. The number of rotatable bonds is 6. The Balaban J connectivity index is 1.40. The van der Waals surface area contributed by atoms with E-state index >= 15 is 0 Å².